The van der Waals surface area contributed by atoms with Gasteiger partial charge in [-0.3, -0.25) is 0 Å². The predicted octanol–water partition coefficient (Wildman–Crippen LogP) is 4.79. The number of pyridine rings is 1. The summed E-state index contributed by atoms with van der Waals surface area (Å²) in [5, 5.41) is 0.128. The molecule has 0 N–H and O–H groups in total. The summed E-state index contributed by atoms with van der Waals surface area (Å²) in [7, 11) is 0. The van der Waals surface area contributed by atoms with E-state index in [1.165, 1.54) is 6.07 Å². The van der Waals surface area contributed by atoms with Gasteiger partial charge in [-0.2, -0.15) is 4.90 Å². The van der Waals surface area contributed by atoms with Gasteiger partial charge < -0.3 is 9.47 Å². The summed E-state index contributed by atoms with van der Waals surface area (Å²) in [5.74, 6) is -0.627. The first-order chi connectivity index (χ1) is 10.8. The fourth-order valence-corrected chi connectivity index (χ4v) is 1.96. The normalized spacial score (nSPS) is 11.8. The molecule has 0 atom stereocenters. The van der Waals surface area contributed by atoms with Crippen molar-refractivity contribution in [3.8, 4) is 0 Å². The number of alkyl halides is 1. The summed E-state index contributed by atoms with van der Waals surface area (Å²) in [4.78, 5) is 29.5. The number of hydrogen-bond acceptors (Lipinski definition) is 5. The zero-order chi connectivity index (χ0) is 18.7. The van der Waals surface area contributed by atoms with Crippen LogP contribution in [0.4, 0.5) is 19.8 Å². The van der Waals surface area contributed by atoms with E-state index in [1.807, 2.05) is 0 Å². The molecule has 0 aromatic carbocycles. The minimum absolute atomic E-state index is 0.0598. The highest BCUT2D eigenvalue weighted by atomic mass is 79.9. The second-order valence-electron chi connectivity index (χ2n) is 7.03. The summed E-state index contributed by atoms with van der Waals surface area (Å²) in [6.07, 6.45) is -1.90. The van der Waals surface area contributed by atoms with E-state index in [0.29, 0.717) is 4.90 Å². The molecule has 1 aromatic heterocycles. The first-order valence-corrected chi connectivity index (χ1v) is 8.43. The monoisotopic (exact) mass is 404 g/mol. The zero-order valence-electron chi connectivity index (χ0n) is 14.6. The number of rotatable bonds is 2. The average molecular weight is 405 g/mol. The molecule has 0 aliphatic heterocycles. The average Bonchev–Trinajstić information content (AvgIpc) is 2.36. The fourth-order valence-electron chi connectivity index (χ4n) is 1.57. The lowest BCUT2D eigenvalue weighted by atomic mass is 10.2. The molecule has 0 fully saturated rings. The number of hydrogen-bond donors (Lipinski definition) is 0. The number of carbonyl (C=O) groups is 2. The van der Waals surface area contributed by atoms with Gasteiger partial charge in [-0.15, -0.1) is 0 Å². The highest BCUT2D eigenvalue weighted by Gasteiger charge is 2.33. The van der Waals surface area contributed by atoms with E-state index in [4.69, 9.17) is 9.47 Å². The van der Waals surface area contributed by atoms with Crippen LogP contribution in [0.15, 0.2) is 12.1 Å². The Hall–Kier alpha value is -1.70. The number of halogens is 2. The van der Waals surface area contributed by atoms with Crippen molar-refractivity contribution in [1.82, 2.24) is 4.98 Å². The third-order valence-electron chi connectivity index (χ3n) is 2.41. The molecule has 134 valence electrons. The molecule has 24 heavy (non-hydrogen) atoms. The summed E-state index contributed by atoms with van der Waals surface area (Å²) < 4.78 is 24.1. The molecule has 1 rings (SSSR count). The molecular formula is C16H22BrFN2O4. The molecule has 0 bridgehead atoms. The van der Waals surface area contributed by atoms with Crippen LogP contribution < -0.4 is 4.90 Å². The lowest BCUT2D eigenvalue weighted by Gasteiger charge is -2.28. The van der Waals surface area contributed by atoms with Gasteiger partial charge >= 0.3 is 12.2 Å². The van der Waals surface area contributed by atoms with Gasteiger partial charge in [0, 0.05) is 5.33 Å². The topological polar surface area (TPSA) is 68.7 Å². The van der Waals surface area contributed by atoms with Crippen LogP contribution in [0.2, 0.25) is 0 Å². The molecule has 0 radical (unpaired) electrons. The Morgan fingerprint density at radius 2 is 1.54 bits per heavy atom. The quantitative estimate of drug-likeness (QED) is 0.662. The molecule has 6 nitrogen and oxygen atoms in total. The molecule has 0 aliphatic carbocycles. The predicted molar refractivity (Wildman–Crippen MR) is 91.8 cm³/mol. The Balaban J connectivity index is 3.27. The van der Waals surface area contributed by atoms with Gasteiger partial charge in [0.25, 0.3) is 0 Å². The molecule has 0 saturated carbocycles. The van der Waals surface area contributed by atoms with Crippen molar-refractivity contribution in [2.75, 3.05) is 4.90 Å². The maximum Gasteiger partial charge on any atom is 0.425 e. The number of aromatic nitrogens is 1. The third kappa shape index (κ3) is 6.07. The van der Waals surface area contributed by atoms with Crippen molar-refractivity contribution < 1.29 is 23.5 Å². The molecule has 1 aromatic rings. The van der Waals surface area contributed by atoms with E-state index < -0.39 is 29.2 Å². The summed E-state index contributed by atoms with van der Waals surface area (Å²) in [6, 6.07) is 2.34. The Morgan fingerprint density at radius 3 is 1.92 bits per heavy atom. The Labute approximate surface area is 149 Å². The van der Waals surface area contributed by atoms with Crippen molar-refractivity contribution in [3.05, 3.63) is 23.6 Å². The van der Waals surface area contributed by atoms with Gasteiger partial charge in [-0.25, -0.2) is 19.0 Å². The van der Waals surface area contributed by atoms with Crippen LogP contribution in [0.3, 0.4) is 0 Å². The maximum atomic E-state index is 13.6. The molecule has 8 heteroatoms. The van der Waals surface area contributed by atoms with Crippen molar-refractivity contribution in [2.45, 2.75) is 58.1 Å². The molecular weight excluding hydrogens is 383 g/mol. The van der Waals surface area contributed by atoms with Crippen LogP contribution in [0, 0.1) is 5.82 Å². The van der Waals surface area contributed by atoms with Crippen LogP contribution >= 0.6 is 15.9 Å². The van der Waals surface area contributed by atoms with Gasteiger partial charge in [0.05, 0.1) is 5.69 Å². The van der Waals surface area contributed by atoms with E-state index in [9.17, 15) is 14.0 Å². The minimum Gasteiger partial charge on any atom is -0.443 e. The number of anilines is 1. The van der Waals surface area contributed by atoms with Crippen molar-refractivity contribution in [3.63, 3.8) is 0 Å². The Kier molecular flexibility index (Phi) is 6.32. The van der Waals surface area contributed by atoms with Gasteiger partial charge in [0.1, 0.15) is 22.8 Å². The second-order valence-corrected chi connectivity index (χ2v) is 7.59. The number of carbonyl (C=O) groups excluding carboxylic acids is 2. The number of imide groups is 1. The largest absolute Gasteiger partial charge is 0.443 e. The Morgan fingerprint density at radius 1 is 1.08 bits per heavy atom. The van der Waals surface area contributed by atoms with Crippen molar-refractivity contribution >= 4 is 33.9 Å². The zero-order valence-corrected chi connectivity index (χ0v) is 16.2. The second kappa shape index (κ2) is 7.46. The fraction of sp³-hybridized carbons (Fsp3) is 0.562. The molecule has 0 unspecified atom stereocenters. The van der Waals surface area contributed by atoms with Crippen molar-refractivity contribution in [2.24, 2.45) is 0 Å². The first-order valence-electron chi connectivity index (χ1n) is 7.31. The third-order valence-corrected chi connectivity index (χ3v) is 2.94. The molecule has 0 spiro atoms. The molecule has 0 aliphatic rings. The van der Waals surface area contributed by atoms with Crippen LogP contribution in [0.5, 0.6) is 0 Å². The molecule has 1 heterocycles. The lowest BCUT2D eigenvalue weighted by molar-refractivity contribution is 0.0429. The van der Waals surface area contributed by atoms with E-state index in [0.717, 1.165) is 6.07 Å². The highest BCUT2D eigenvalue weighted by molar-refractivity contribution is 9.08. The minimum atomic E-state index is -0.948. The van der Waals surface area contributed by atoms with E-state index in [-0.39, 0.29) is 16.8 Å². The number of amides is 2. The smallest absolute Gasteiger partial charge is 0.425 e. The van der Waals surface area contributed by atoms with Crippen molar-refractivity contribution in [1.29, 1.82) is 0 Å². The van der Waals surface area contributed by atoms with Crippen LogP contribution in [-0.2, 0) is 14.8 Å². The summed E-state index contributed by atoms with van der Waals surface area (Å²) in [6.45, 7) is 10.0. The van der Waals surface area contributed by atoms with Gasteiger partial charge in [0.2, 0.25) is 0 Å². The van der Waals surface area contributed by atoms with Gasteiger partial charge in [0.15, 0.2) is 0 Å². The van der Waals surface area contributed by atoms with E-state index in [1.54, 1.807) is 41.5 Å². The van der Waals surface area contributed by atoms with Crippen LogP contribution in [0.1, 0.15) is 47.2 Å². The lowest BCUT2D eigenvalue weighted by Crippen LogP contribution is -2.44. The Bertz CT molecular complexity index is 595. The summed E-state index contributed by atoms with van der Waals surface area (Å²) >= 11 is 3.11. The summed E-state index contributed by atoms with van der Waals surface area (Å²) in [5.41, 5.74) is -1.59. The standard InChI is InChI=1S/C16H22BrFN2O4/c1-15(2,3)23-13(21)20(14(22)24-16(4,5)6)12-8-7-10(18)11(9-17)19-12/h7-8H,9H2,1-6H3. The number of nitrogens with zero attached hydrogens (tertiary/aromatic N) is 2. The van der Waals surface area contributed by atoms with E-state index >= 15 is 0 Å². The highest BCUT2D eigenvalue weighted by Crippen LogP contribution is 2.22. The van der Waals surface area contributed by atoms with Crippen LogP contribution in [0.25, 0.3) is 0 Å². The maximum absolute atomic E-state index is 13.6. The van der Waals surface area contributed by atoms with Gasteiger partial charge in [-0.05, 0) is 53.7 Å². The van der Waals surface area contributed by atoms with E-state index in [2.05, 4.69) is 20.9 Å². The first kappa shape index (κ1) is 20.3. The molecule has 2 amide bonds. The SMILES string of the molecule is CC(C)(C)OC(=O)N(C(=O)OC(C)(C)C)c1ccc(F)c(CBr)n1. The van der Waals surface area contributed by atoms with Gasteiger partial charge in [-0.1, -0.05) is 15.9 Å². The number of ether oxygens (including phenoxy) is 2. The molecule has 0 saturated heterocycles. The van der Waals surface area contributed by atoms with Crippen LogP contribution in [-0.4, -0.2) is 28.4 Å².